The van der Waals surface area contributed by atoms with Crippen molar-refractivity contribution in [3.05, 3.63) is 23.8 Å². The molecule has 1 aromatic carbocycles. The zero-order valence-electron chi connectivity index (χ0n) is 9.41. The van der Waals surface area contributed by atoms with Gasteiger partial charge >= 0.3 is 0 Å². The van der Waals surface area contributed by atoms with E-state index in [1.165, 1.54) is 0 Å². The van der Waals surface area contributed by atoms with Gasteiger partial charge in [-0.1, -0.05) is 0 Å². The molecule has 0 saturated carbocycles. The molecular weight excluding hydrogens is 218 g/mol. The summed E-state index contributed by atoms with van der Waals surface area (Å²) in [5.41, 5.74) is 1.74. The minimum absolute atomic E-state index is 0.125. The van der Waals surface area contributed by atoms with Gasteiger partial charge in [-0.05, 0) is 23.8 Å². The lowest BCUT2D eigenvalue weighted by Crippen LogP contribution is -2.15. The maximum absolute atomic E-state index is 11.8. The maximum atomic E-state index is 11.8. The van der Waals surface area contributed by atoms with Gasteiger partial charge in [-0.25, -0.2) is 0 Å². The topological polar surface area (TPSA) is 86.0 Å². The van der Waals surface area contributed by atoms with E-state index in [-0.39, 0.29) is 18.0 Å². The van der Waals surface area contributed by atoms with Crippen molar-refractivity contribution in [1.82, 2.24) is 0 Å². The van der Waals surface area contributed by atoms with E-state index >= 15 is 0 Å². The molecule has 1 aliphatic heterocycles. The van der Waals surface area contributed by atoms with E-state index in [1.54, 1.807) is 25.3 Å². The average Bonchev–Trinajstić information content (AvgIpc) is 2.65. The third kappa shape index (κ3) is 2.04. The molecule has 0 radical (unpaired) electrons. The lowest BCUT2D eigenvalue weighted by Gasteiger charge is -2.08. The first-order valence-electron chi connectivity index (χ1n) is 5.22. The van der Waals surface area contributed by atoms with Crippen LogP contribution in [-0.4, -0.2) is 24.9 Å². The van der Waals surface area contributed by atoms with E-state index in [2.05, 4.69) is 5.32 Å². The van der Waals surface area contributed by atoms with Crippen molar-refractivity contribution in [3.8, 4) is 5.75 Å². The van der Waals surface area contributed by atoms with Gasteiger partial charge in [0.2, 0.25) is 5.91 Å². The maximum Gasteiger partial charge on any atom is 0.232 e. The van der Waals surface area contributed by atoms with Crippen molar-refractivity contribution in [2.24, 2.45) is 0 Å². The molecule has 0 spiro atoms. The van der Waals surface area contributed by atoms with Gasteiger partial charge in [-0.2, -0.15) is 0 Å². The van der Waals surface area contributed by atoms with Crippen molar-refractivity contribution in [3.63, 3.8) is 0 Å². The van der Waals surface area contributed by atoms with Crippen LogP contribution < -0.4 is 10.1 Å². The second kappa shape index (κ2) is 4.37. The fourth-order valence-electron chi connectivity index (χ4n) is 1.91. The summed E-state index contributed by atoms with van der Waals surface area (Å²) in [6, 6.07) is 5.37. The molecule has 1 amide bonds. The van der Waals surface area contributed by atoms with Gasteiger partial charge in [0.1, 0.15) is 5.75 Å². The molecular formula is C12H13N3O2. The van der Waals surface area contributed by atoms with Crippen LogP contribution in [0.25, 0.3) is 0 Å². The van der Waals surface area contributed by atoms with E-state index in [0.717, 1.165) is 17.5 Å². The van der Waals surface area contributed by atoms with Gasteiger partial charge in [0.05, 0.1) is 18.7 Å². The quantitative estimate of drug-likeness (QED) is 0.690. The molecule has 5 heteroatoms. The Hall–Kier alpha value is -2.17. The summed E-state index contributed by atoms with van der Waals surface area (Å²) < 4.78 is 5.12. The molecule has 2 rings (SSSR count). The fraction of sp³-hybridized carbons (Fsp3) is 0.250. The van der Waals surface area contributed by atoms with E-state index < -0.39 is 5.92 Å². The molecule has 0 aliphatic carbocycles. The summed E-state index contributed by atoms with van der Waals surface area (Å²) in [5.74, 6) is 0.167. The average molecular weight is 231 g/mol. The third-order valence-electron chi connectivity index (χ3n) is 2.81. The van der Waals surface area contributed by atoms with Gasteiger partial charge in [0.15, 0.2) is 0 Å². The van der Waals surface area contributed by atoms with E-state index in [0.29, 0.717) is 5.75 Å². The number of rotatable bonds is 4. The highest BCUT2D eigenvalue weighted by Crippen LogP contribution is 2.36. The van der Waals surface area contributed by atoms with E-state index in [4.69, 9.17) is 15.6 Å². The van der Waals surface area contributed by atoms with Gasteiger partial charge in [0.25, 0.3) is 0 Å². The number of fused-ring (bicyclic) bond motifs is 1. The number of carbonyl (C=O) groups is 1. The standard InChI is InChI=1S/C12H13N3O2/c1-17-8-2-3-11-9(5-8)10(12(16)15-11)4-7(14)6-13/h2-3,5-6,10,13-14H,4H2,1H3,(H,15,16). The van der Waals surface area contributed by atoms with Crippen LogP contribution in [0.15, 0.2) is 18.2 Å². The predicted octanol–water partition coefficient (Wildman–Crippen LogP) is 1.79. The minimum Gasteiger partial charge on any atom is -0.497 e. The van der Waals surface area contributed by atoms with Crippen molar-refractivity contribution in [2.45, 2.75) is 12.3 Å². The SMILES string of the molecule is COc1ccc2c(c1)C(CC(=N)C=N)C(=O)N2. The highest BCUT2D eigenvalue weighted by Gasteiger charge is 2.31. The molecule has 17 heavy (non-hydrogen) atoms. The van der Waals surface area contributed by atoms with Crippen LogP contribution in [0, 0.1) is 10.8 Å². The van der Waals surface area contributed by atoms with Crippen LogP contribution in [0.2, 0.25) is 0 Å². The molecule has 0 bridgehead atoms. The summed E-state index contributed by atoms with van der Waals surface area (Å²) >= 11 is 0. The van der Waals surface area contributed by atoms with Crippen LogP contribution in [0.1, 0.15) is 17.9 Å². The van der Waals surface area contributed by atoms with Crippen LogP contribution in [0.4, 0.5) is 5.69 Å². The Kier molecular flexibility index (Phi) is 2.91. The van der Waals surface area contributed by atoms with Gasteiger partial charge in [-0.15, -0.1) is 0 Å². The van der Waals surface area contributed by atoms with Crippen molar-refractivity contribution < 1.29 is 9.53 Å². The number of methoxy groups -OCH3 is 1. The molecule has 1 heterocycles. The van der Waals surface area contributed by atoms with Gasteiger partial charge < -0.3 is 20.9 Å². The summed E-state index contributed by atoms with van der Waals surface area (Å²) in [6.07, 6.45) is 1.21. The molecule has 1 atom stereocenters. The molecule has 1 aliphatic rings. The highest BCUT2D eigenvalue weighted by atomic mass is 16.5. The van der Waals surface area contributed by atoms with Gasteiger partial charge in [-0.3, -0.25) is 4.79 Å². The zero-order chi connectivity index (χ0) is 12.4. The predicted molar refractivity (Wildman–Crippen MR) is 65.5 cm³/mol. The first-order valence-corrected chi connectivity index (χ1v) is 5.22. The summed E-state index contributed by atoms with van der Waals surface area (Å²) in [5, 5.41) is 17.2. The number of ether oxygens (including phenoxy) is 1. The van der Waals surface area contributed by atoms with Gasteiger partial charge in [0, 0.05) is 18.3 Å². The molecule has 1 unspecified atom stereocenters. The number of anilines is 1. The smallest absolute Gasteiger partial charge is 0.232 e. The first kappa shape index (κ1) is 11.3. The Balaban J connectivity index is 2.34. The number of nitrogens with one attached hydrogen (secondary N) is 3. The fourth-order valence-corrected chi connectivity index (χ4v) is 1.91. The molecule has 0 fully saturated rings. The number of hydrogen-bond donors (Lipinski definition) is 3. The Labute approximate surface area is 98.8 Å². The summed E-state index contributed by atoms with van der Waals surface area (Å²) in [6.45, 7) is 0. The van der Waals surface area contributed by atoms with Crippen LogP contribution >= 0.6 is 0 Å². The molecule has 0 saturated heterocycles. The largest absolute Gasteiger partial charge is 0.497 e. The lowest BCUT2D eigenvalue weighted by molar-refractivity contribution is -0.116. The number of amides is 1. The van der Waals surface area contributed by atoms with E-state index in [9.17, 15) is 4.79 Å². The van der Waals surface area contributed by atoms with Crippen LogP contribution in [0.3, 0.4) is 0 Å². The van der Waals surface area contributed by atoms with Crippen LogP contribution in [-0.2, 0) is 4.79 Å². The van der Waals surface area contributed by atoms with Crippen LogP contribution in [0.5, 0.6) is 5.75 Å². The molecule has 1 aromatic rings. The Morgan fingerprint density at radius 2 is 2.35 bits per heavy atom. The lowest BCUT2D eigenvalue weighted by atomic mass is 9.95. The van der Waals surface area contributed by atoms with E-state index in [1.807, 2.05) is 0 Å². The molecule has 3 N–H and O–H groups in total. The molecule has 88 valence electrons. The Morgan fingerprint density at radius 3 is 3.00 bits per heavy atom. The molecule has 0 aromatic heterocycles. The Morgan fingerprint density at radius 1 is 1.59 bits per heavy atom. The number of benzene rings is 1. The monoisotopic (exact) mass is 231 g/mol. The summed E-state index contributed by atoms with van der Waals surface area (Å²) in [4.78, 5) is 11.8. The normalized spacial score (nSPS) is 17.2. The third-order valence-corrected chi connectivity index (χ3v) is 2.81. The highest BCUT2D eigenvalue weighted by molar-refractivity contribution is 6.29. The van der Waals surface area contributed by atoms with Crippen molar-refractivity contribution >= 4 is 23.5 Å². The first-order chi connectivity index (χ1) is 8.15. The second-order valence-electron chi connectivity index (χ2n) is 3.87. The number of carbonyl (C=O) groups excluding carboxylic acids is 1. The zero-order valence-corrected chi connectivity index (χ0v) is 9.41. The second-order valence-corrected chi connectivity index (χ2v) is 3.87. The van der Waals surface area contributed by atoms with Crippen molar-refractivity contribution in [1.29, 1.82) is 10.8 Å². The molecule has 5 nitrogen and oxygen atoms in total. The minimum atomic E-state index is -0.394. The van der Waals surface area contributed by atoms with Crippen molar-refractivity contribution in [2.75, 3.05) is 12.4 Å². The summed E-state index contributed by atoms with van der Waals surface area (Å²) in [7, 11) is 1.57. The Bertz CT molecular complexity index is 497. The number of hydrogen-bond acceptors (Lipinski definition) is 4.